The summed E-state index contributed by atoms with van der Waals surface area (Å²) < 4.78 is 5.71. The van der Waals surface area contributed by atoms with Crippen LogP contribution in [0.25, 0.3) is 0 Å². The van der Waals surface area contributed by atoms with E-state index < -0.39 is 5.60 Å². The fourth-order valence-corrected chi connectivity index (χ4v) is 3.45. The molecule has 0 radical (unpaired) electrons. The smallest absolute Gasteiger partial charge is 0.339 e. The molecule has 1 aromatic rings. The average Bonchev–Trinajstić information content (AvgIpc) is 3.28. The summed E-state index contributed by atoms with van der Waals surface area (Å²) in [5, 5.41) is 0. The van der Waals surface area contributed by atoms with Crippen LogP contribution in [-0.2, 0) is 15.1 Å². The number of hydrogen-bond donors (Lipinski definition) is 0. The lowest BCUT2D eigenvalue weighted by atomic mass is 9.85. The molecule has 1 saturated heterocycles. The molecule has 2 aliphatic heterocycles. The number of piperidine rings is 1. The van der Waals surface area contributed by atoms with Crippen LogP contribution in [0.3, 0.4) is 0 Å². The van der Waals surface area contributed by atoms with Crippen molar-refractivity contribution in [1.82, 2.24) is 4.90 Å². The van der Waals surface area contributed by atoms with Gasteiger partial charge in [-0.2, -0.15) is 0 Å². The van der Waals surface area contributed by atoms with Gasteiger partial charge in [-0.15, -0.1) is 0 Å². The summed E-state index contributed by atoms with van der Waals surface area (Å²) in [6, 6.07) is 7.57. The zero-order chi connectivity index (χ0) is 13.7. The van der Waals surface area contributed by atoms with Crippen LogP contribution >= 0.6 is 0 Å². The maximum absolute atomic E-state index is 12.3. The van der Waals surface area contributed by atoms with Gasteiger partial charge in [0, 0.05) is 18.0 Å². The van der Waals surface area contributed by atoms with E-state index in [0.717, 1.165) is 37.8 Å². The number of hydrogen-bond acceptors (Lipinski definition) is 3. The Morgan fingerprint density at radius 2 is 2.10 bits per heavy atom. The first-order valence-electron chi connectivity index (χ1n) is 7.31. The van der Waals surface area contributed by atoms with Crippen molar-refractivity contribution in [3.8, 4) is 0 Å². The molecule has 2 fully saturated rings. The number of carbonyl (C=O) groups excluding carboxylic acids is 2. The fourth-order valence-electron chi connectivity index (χ4n) is 3.45. The van der Waals surface area contributed by atoms with E-state index in [1.165, 1.54) is 0 Å². The van der Waals surface area contributed by atoms with Crippen LogP contribution in [0.4, 0.5) is 0 Å². The van der Waals surface area contributed by atoms with E-state index in [0.29, 0.717) is 12.1 Å². The Morgan fingerprint density at radius 1 is 1.30 bits per heavy atom. The van der Waals surface area contributed by atoms with Crippen molar-refractivity contribution >= 4 is 11.9 Å². The van der Waals surface area contributed by atoms with E-state index in [-0.39, 0.29) is 17.8 Å². The highest BCUT2D eigenvalue weighted by atomic mass is 16.6. The Kier molecular flexibility index (Phi) is 2.43. The standard InChI is InChI=1S/C16H17NO3/c18-14(11-6-7-11)17-9-3-8-16(10-17)13-5-2-1-4-12(13)15(19)20-16/h1-2,4-5,11H,3,6-10H2/t16-/m1/s1. The van der Waals surface area contributed by atoms with Crippen LogP contribution in [0.5, 0.6) is 0 Å². The first kappa shape index (κ1) is 11.9. The lowest BCUT2D eigenvalue weighted by Crippen LogP contribution is -2.49. The normalized spacial score (nSPS) is 28.4. The van der Waals surface area contributed by atoms with E-state index >= 15 is 0 Å². The summed E-state index contributed by atoms with van der Waals surface area (Å²) in [4.78, 5) is 26.2. The molecular formula is C16H17NO3. The van der Waals surface area contributed by atoms with E-state index in [1.807, 2.05) is 29.2 Å². The Morgan fingerprint density at radius 3 is 2.90 bits per heavy atom. The van der Waals surface area contributed by atoms with E-state index in [2.05, 4.69) is 0 Å². The quantitative estimate of drug-likeness (QED) is 0.735. The first-order valence-corrected chi connectivity index (χ1v) is 7.31. The van der Waals surface area contributed by atoms with Crippen LogP contribution < -0.4 is 0 Å². The second-order valence-electron chi connectivity index (χ2n) is 6.07. The number of likely N-dealkylation sites (tertiary alicyclic amines) is 1. The molecule has 4 heteroatoms. The maximum Gasteiger partial charge on any atom is 0.339 e. The van der Waals surface area contributed by atoms with Gasteiger partial charge in [0.2, 0.25) is 5.91 Å². The number of carbonyl (C=O) groups is 2. The topological polar surface area (TPSA) is 46.6 Å². The highest BCUT2D eigenvalue weighted by Crippen LogP contribution is 2.43. The number of esters is 1. The van der Waals surface area contributed by atoms with Gasteiger partial charge in [-0.3, -0.25) is 4.79 Å². The fraction of sp³-hybridized carbons (Fsp3) is 0.500. The minimum absolute atomic E-state index is 0.220. The van der Waals surface area contributed by atoms with Gasteiger partial charge in [0.15, 0.2) is 5.60 Å². The summed E-state index contributed by atoms with van der Waals surface area (Å²) in [6.45, 7) is 1.31. The highest BCUT2D eigenvalue weighted by molar-refractivity contribution is 5.95. The van der Waals surface area contributed by atoms with Crippen molar-refractivity contribution in [2.45, 2.75) is 31.3 Å². The molecule has 4 nitrogen and oxygen atoms in total. The summed E-state index contributed by atoms with van der Waals surface area (Å²) in [5.74, 6) is 0.211. The van der Waals surface area contributed by atoms with Crippen molar-refractivity contribution in [2.24, 2.45) is 5.92 Å². The van der Waals surface area contributed by atoms with Crippen LogP contribution in [-0.4, -0.2) is 29.9 Å². The largest absolute Gasteiger partial charge is 0.449 e. The third-order valence-corrected chi connectivity index (χ3v) is 4.62. The van der Waals surface area contributed by atoms with Crippen LogP contribution in [0.15, 0.2) is 24.3 Å². The molecule has 3 aliphatic rings. The van der Waals surface area contributed by atoms with Gasteiger partial charge in [-0.25, -0.2) is 4.79 Å². The summed E-state index contributed by atoms with van der Waals surface area (Å²) in [7, 11) is 0. The molecule has 0 N–H and O–H groups in total. The molecule has 1 atom stereocenters. The number of ether oxygens (including phenoxy) is 1. The second kappa shape index (κ2) is 4.08. The molecule has 0 bridgehead atoms. The van der Waals surface area contributed by atoms with Gasteiger partial charge in [0.05, 0.1) is 12.1 Å². The maximum atomic E-state index is 12.3. The molecule has 0 unspecified atom stereocenters. The summed E-state index contributed by atoms with van der Waals surface area (Å²) in [5.41, 5.74) is 1.02. The average molecular weight is 271 g/mol. The minimum Gasteiger partial charge on any atom is -0.449 e. The van der Waals surface area contributed by atoms with Crippen LogP contribution in [0.2, 0.25) is 0 Å². The summed E-state index contributed by atoms with van der Waals surface area (Å²) in [6.07, 6.45) is 3.72. The van der Waals surface area contributed by atoms with Gasteiger partial charge in [0.1, 0.15) is 0 Å². The van der Waals surface area contributed by atoms with Gasteiger partial charge < -0.3 is 9.64 Å². The lowest BCUT2D eigenvalue weighted by Gasteiger charge is -2.39. The lowest BCUT2D eigenvalue weighted by molar-refractivity contribution is -0.140. The molecular weight excluding hydrogens is 254 g/mol. The zero-order valence-electron chi connectivity index (χ0n) is 11.3. The van der Waals surface area contributed by atoms with Gasteiger partial charge in [-0.1, -0.05) is 18.2 Å². The number of fused-ring (bicyclic) bond motifs is 2. The predicted octanol–water partition coefficient (Wildman–Crippen LogP) is 2.08. The van der Waals surface area contributed by atoms with E-state index in [1.54, 1.807) is 0 Å². The van der Waals surface area contributed by atoms with Gasteiger partial charge in [0.25, 0.3) is 0 Å². The number of benzene rings is 1. The number of amides is 1. The van der Waals surface area contributed by atoms with Crippen LogP contribution in [0, 0.1) is 5.92 Å². The third-order valence-electron chi connectivity index (χ3n) is 4.62. The van der Waals surface area contributed by atoms with Crippen molar-refractivity contribution in [1.29, 1.82) is 0 Å². The van der Waals surface area contributed by atoms with Gasteiger partial charge in [-0.05, 0) is 31.7 Å². The third kappa shape index (κ3) is 1.67. The Balaban J connectivity index is 1.67. The van der Waals surface area contributed by atoms with E-state index in [4.69, 9.17) is 4.74 Å². The molecule has 2 heterocycles. The Bertz CT molecular complexity index is 593. The molecule has 1 saturated carbocycles. The molecule has 1 spiro atoms. The SMILES string of the molecule is O=C1O[C@@]2(CCCN(C(=O)C3CC3)C2)c2ccccc21. The minimum atomic E-state index is -0.601. The van der Waals surface area contributed by atoms with Crippen molar-refractivity contribution in [3.63, 3.8) is 0 Å². The van der Waals surface area contributed by atoms with Crippen molar-refractivity contribution < 1.29 is 14.3 Å². The molecule has 104 valence electrons. The van der Waals surface area contributed by atoms with Crippen molar-refractivity contribution in [3.05, 3.63) is 35.4 Å². The number of nitrogens with zero attached hydrogens (tertiary/aromatic N) is 1. The molecule has 1 aliphatic carbocycles. The predicted molar refractivity (Wildman–Crippen MR) is 72.1 cm³/mol. The zero-order valence-corrected chi connectivity index (χ0v) is 11.3. The molecule has 1 aromatic carbocycles. The van der Waals surface area contributed by atoms with Crippen molar-refractivity contribution in [2.75, 3.05) is 13.1 Å². The van der Waals surface area contributed by atoms with E-state index in [9.17, 15) is 9.59 Å². The Hall–Kier alpha value is -1.84. The molecule has 4 rings (SSSR count). The molecule has 1 amide bonds. The first-order chi connectivity index (χ1) is 9.70. The monoisotopic (exact) mass is 271 g/mol. The van der Waals surface area contributed by atoms with Crippen LogP contribution in [0.1, 0.15) is 41.6 Å². The second-order valence-corrected chi connectivity index (χ2v) is 6.07. The molecule has 20 heavy (non-hydrogen) atoms. The summed E-state index contributed by atoms with van der Waals surface area (Å²) >= 11 is 0. The Labute approximate surface area is 117 Å². The number of rotatable bonds is 1. The molecule has 0 aromatic heterocycles. The highest BCUT2D eigenvalue weighted by Gasteiger charge is 2.49. The van der Waals surface area contributed by atoms with Gasteiger partial charge >= 0.3 is 5.97 Å².